The van der Waals surface area contributed by atoms with Crippen LogP contribution in [0.25, 0.3) is 4.96 Å². The maximum Gasteiger partial charge on any atom is 0.272 e. The summed E-state index contributed by atoms with van der Waals surface area (Å²) in [6.45, 7) is 2.19. The lowest BCUT2D eigenvalue weighted by Gasteiger charge is -2.04. The fourth-order valence-corrected chi connectivity index (χ4v) is 2.48. The van der Waals surface area contributed by atoms with E-state index in [0.29, 0.717) is 17.9 Å². The van der Waals surface area contributed by atoms with Gasteiger partial charge in [0.2, 0.25) is 4.96 Å². The van der Waals surface area contributed by atoms with Crippen molar-refractivity contribution < 1.29 is 4.79 Å². The van der Waals surface area contributed by atoms with Gasteiger partial charge in [-0.2, -0.15) is 9.61 Å². The number of carbonyl (C=O) groups is 1. The van der Waals surface area contributed by atoms with Crippen LogP contribution in [0.15, 0.2) is 29.9 Å². The van der Waals surface area contributed by atoms with Crippen LogP contribution in [0.4, 0.5) is 0 Å². The van der Waals surface area contributed by atoms with Crippen LogP contribution in [0, 0.1) is 6.92 Å². The first-order valence-electron chi connectivity index (χ1n) is 5.72. The average Bonchev–Trinajstić information content (AvgIpc) is 2.97. The molecule has 0 aliphatic rings. The zero-order valence-corrected chi connectivity index (χ0v) is 11.0. The van der Waals surface area contributed by atoms with Crippen LogP contribution >= 0.6 is 11.3 Å². The van der Waals surface area contributed by atoms with Crippen molar-refractivity contribution in [2.45, 2.75) is 13.5 Å². The number of hydrogen-bond donors (Lipinski definition) is 1. The van der Waals surface area contributed by atoms with Crippen molar-refractivity contribution in [1.29, 1.82) is 0 Å². The van der Waals surface area contributed by atoms with E-state index in [1.807, 2.05) is 18.2 Å². The smallest absolute Gasteiger partial charge is 0.272 e. The lowest BCUT2D eigenvalue weighted by atomic mass is 10.3. The van der Waals surface area contributed by atoms with Gasteiger partial charge in [0, 0.05) is 6.20 Å². The molecule has 6 nitrogen and oxygen atoms in total. The predicted octanol–water partition coefficient (Wildman–Crippen LogP) is 1.42. The Morgan fingerprint density at radius 2 is 2.37 bits per heavy atom. The standard InChI is InChI=1S/C12H11N5OS/c1-8-10(17-12(16-8)19-7-15-17)11(18)14-6-9-4-2-3-5-13-9/h2-5,7H,6H2,1H3,(H,14,18). The Bertz CT molecular complexity index is 718. The van der Waals surface area contributed by atoms with E-state index in [1.165, 1.54) is 11.3 Å². The molecule has 0 saturated carbocycles. The third kappa shape index (κ3) is 2.19. The number of hydrogen-bond acceptors (Lipinski definition) is 5. The molecule has 3 rings (SSSR count). The van der Waals surface area contributed by atoms with Gasteiger partial charge in [-0.15, -0.1) is 0 Å². The summed E-state index contributed by atoms with van der Waals surface area (Å²) in [4.78, 5) is 21.3. The topological polar surface area (TPSA) is 72.2 Å². The molecule has 3 aromatic rings. The first-order valence-corrected chi connectivity index (χ1v) is 6.60. The van der Waals surface area contributed by atoms with Gasteiger partial charge in [0.25, 0.3) is 5.91 Å². The summed E-state index contributed by atoms with van der Waals surface area (Å²) in [5, 5.41) is 6.94. The molecule has 0 spiro atoms. The fraction of sp³-hybridized carbons (Fsp3) is 0.167. The number of aromatic nitrogens is 4. The minimum Gasteiger partial charge on any atom is -0.345 e. The highest BCUT2D eigenvalue weighted by atomic mass is 32.1. The van der Waals surface area contributed by atoms with Crippen LogP contribution in [-0.4, -0.2) is 25.5 Å². The van der Waals surface area contributed by atoms with E-state index in [1.54, 1.807) is 23.1 Å². The molecule has 0 atom stereocenters. The number of pyridine rings is 1. The van der Waals surface area contributed by atoms with Crippen molar-refractivity contribution >= 4 is 22.2 Å². The lowest BCUT2D eigenvalue weighted by molar-refractivity contribution is 0.0943. The molecule has 3 aromatic heterocycles. The molecule has 0 bridgehead atoms. The van der Waals surface area contributed by atoms with Gasteiger partial charge in [0.05, 0.1) is 17.9 Å². The molecule has 1 N–H and O–H groups in total. The Labute approximate surface area is 113 Å². The van der Waals surface area contributed by atoms with E-state index in [2.05, 4.69) is 20.4 Å². The molecule has 0 radical (unpaired) electrons. The zero-order valence-electron chi connectivity index (χ0n) is 10.2. The maximum atomic E-state index is 12.2. The van der Waals surface area contributed by atoms with Gasteiger partial charge in [-0.1, -0.05) is 17.4 Å². The number of amides is 1. The van der Waals surface area contributed by atoms with Crippen molar-refractivity contribution in [3.05, 3.63) is 47.0 Å². The molecule has 0 aliphatic carbocycles. The van der Waals surface area contributed by atoms with Crippen molar-refractivity contribution in [3.63, 3.8) is 0 Å². The molecule has 1 amide bonds. The summed E-state index contributed by atoms with van der Waals surface area (Å²) in [6, 6.07) is 5.59. The highest BCUT2D eigenvalue weighted by Gasteiger charge is 2.18. The number of rotatable bonds is 3. The number of carbonyl (C=O) groups excluding carboxylic acids is 1. The molecule has 19 heavy (non-hydrogen) atoms. The highest BCUT2D eigenvalue weighted by Crippen LogP contribution is 2.14. The normalized spacial score (nSPS) is 10.8. The predicted molar refractivity (Wildman–Crippen MR) is 71.0 cm³/mol. The van der Waals surface area contributed by atoms with Crippen LogP contribution in [0.5, 0.6) is 0 Å². The number of nitrogens with one attached hydrogen (secondary N) is 1. The van der Waals surface area contributed by atoms with Crippen LogP contribution in [0.1, 0.15) is 21.9 Å². The Kier molecular flexibility index (Phi) is 2.96. The molecule has 96 valence electrons. The monoisotopic (exact) mass is 273 g/mol. The molecule has 0 saturated heterocycles. The van der Waals surface area contributed by atoms with E-state index >= 15 is 0 Å². The third-order valence-corrected chi connectivity index (χ3v) is 3.37. The molecule has 0 unspecified atom stereocenters. The molecular formula is C12H11N5OS. The first kappa shape index (κ1) is 11.8. The SMILES string of the molecule is Cc1nc2scnn2c1C(=O)NCc1ccccn1. The number of fused-ring (bicyclic) bond motifs is 1. The largest absolute Gasteiger partial charge is 0.345 e. The minimum absolute atomic E-state index is 0.193. The minimum atomic E-state index is -0.193. The van der Waals surface area contributed by atoms with Crippen molar-refractivity contribution in [3.8, 4) is 0 Å². The highest BCUT2D eigenvalue weighted by molar-refractivity contribution is 7.14. The van der Waals surface area contributed by atoms with E-state index < -0.39 is 0 Å². The second-order valence-electron chi connectivity index (χ2n) is 3.98. The Hall–Kier alpha value is -2.28. The number of nitrogens with zero attached hydrogens (tertiary/aromatic N) is 4. The van der Waals surface area contributed by atoms with E-state index in [-0.39, 0.29) is 5.91 Å². The van der Waals surface area contributed by atoms with E-state index in [0.717, 1.165) is 10.7 Å². The maximum absolute atomic E-state index is 12.2. The number of aryl methyl sites for hydroxylation is 1. The van der Waals surface area contributed by atoms with Crippen LogP contribution < -0.4 is 5.32 Å². The molecular weight excluding hydrogens is 262 g/mol. The van der Waals surface area contributed by atoms with Gasteiger partial charge < -0.3 is 5.32 Å². The summed E-state index contributed by atoms with van der Waals surface area (Å²) in [5.74, 6) is -0.193. The second-order valence-corrected chi connectivity index (χ2v) is 4.79. The first-order chi connectivity index (χ1) is 9.25. The molecule has 3 heterocycles. The zero-order chi connectivity index (χ0) is 13.2. The molecule has 0 fully saturated rings. The van der Waals surface area contributed by atoms with Crippen molar-refractivity contribution in [2.24, 2.45) is 0 Å². The lowest BCUT2D eigenvalue weighted by Crippen LogP contribution is -2.25. The summed E-state index contributed by atoms with van der Waals surface area (Å²) >= 11 is 1.40. The molecule has 0 aromatic carbocycles. The van der Waals surface area contributed by atoms with Crippen molar-refractivity contribution in [2.75, 3.05) is 0 Å². The molecule has 0 aliphatic heterocycles. The Morgan fingerprint density at radius 3 is 3.16 bits per heavy atom. The third-order valence-electron chi connectivity index (χ3n) is 2.69. The Morgan fingerprint density at radius 1 is 1.47 bits per heavy atom. The Balaban J connectivity index is 1.80. The summed E-state index contributed by atoms with van der Waals surface area (Å²) < 4.78 is 1.56. The average molecular weight is 273 g/mol. The van der Waals surface area contributed by atoms with Gasteiger partial charge in [0.1, 0.15) is 5.51 Å². The van der Waals surface area contributed by atoms with Crippen LogP contribution in [0.2, 0.25) is 0 Å². The fourth-order valence-electron chi connectivity index (χ4n) is 1.81. The second kappa shape index (κ2) is 4.77. The van der Waals surface area contributed by atoms with E-state index in [9.17, 15) is 4.79 Å². The van der Waals surface area contributed by atoms with Crippen LogP contribution in [-0.2, 0) is 6.54 Å². The van der Waals surface area contributed by atoms with Gasteiger partial charge in [-0.05, 0) is 19.1 Å². The van der Waals surface area contributed by atoms with Crippen molar-refractivity contribution in [1.82, 2.24) is 24.9 Å². The summed E-state index contributed by atoms with van der Waals surface area (Å²) in [6.07, 6.45) is 1.70. The molecule has 7 heteroatoms. The quantitative estimate of drug-likeness (QED) is 0.783. The van der Waals surface area contributed by atoms with Gasteiger partial charge >= 0.3 is 0 Å². The number of imidazole rings is 1. The summed E-state index contributed by atoms with van der Waals surface area (Å²) in [5.41, 5.74) is 3.63. The van der Waals surface area contributed by atoms with Gasteiger partial charge in [0.15, 0.2) is 5.69 Å². The summed E-state index contributed by atoms with van der Waals surface area (Å²) in [7, 11) is 0. The van der Waals surface area contributed by atoms with Crippen LogP contribution in [0.3, 0.4) is 0 Å². The van der Waals surface area contributed by atoms with Gasteiger partial charge in [-0.3, -0.25) is 9.78 Å². The van der Waals surface area contributed by atoms with Gasteiger partial charge in [-0.25, -0.2) is 4.98 Å². The van der Waals surface area contributed by atoms with E-state index in [4.69, 9.17) is 0 Å².